The molecule has 1 N–H and O–H groups in total. The van der Waals surface area contributed by atoms with Gasteiger partial charge in [0.15, 0.2) is 0 Å². The lowest BCUT2D eigenvalue weighted by Gasteiger charge is -2.31. The molecule has 0 spiro atoms. The number of rotatable bonds is 8. The third kappa shape index (κ3) is 5.01. The number of hydrogen-bond donors (Lipinski definition) is 1. The smallest absolute Gasteiger partial charge is 0.244 e. The van der Waals surface area contributed by atoms with Crippen LogP contribution in [0.4, 0.5) is 10.1 Å². The molecule has 0 aliphatic rings. The van der Waals surface area contributed by atoms with E-state index in [1.165, 1.54) is 18.2 Å². The van der Waals surface area contributed by atoms with E-state index in [4.69, 9.17) is 4.74 Å². The van der Waals surface area contributed by atoms with Crippen LogP contribution in [0, 0.1) is 5.82 Å². The Morgan fingerprint density at radius 1 is 1.18 bits per heavy atom. The molecular weight excluding hydrogens is 383 g/mol. The van der Waals surface area contributed by atoms with Crippen molar-refractivity contribution >= 4 is 21.6 Å². The Morgan fingerprint density at radius 2 is 1.79 bits per heavy atom. The van der Waals surface area contributed by atoms with Gasteiger partial charge in [-0.05, 0) is 43.2 Å². The molecule has 6 nitrogen and oxygen atoms in total. The van der Waals surface area contributed by atoms with Gasteiger partial charge in [-0.15, -0.1) is 0 Å². The largest absolute Gasteiger partial charge is 0.497 e. The Morgan fingerprint density at radius 3 is 2.29 bits per heavy atom. The Bertz CT molecular complexity index is 916. The number of halogens is 1. The first kappa shape index (κ1) is 21.7. The van der Waals surface area contributed by atoms with Gasteiger partial charge < -0.3 is 10.1 Å². The van der Waals surface area contributed by atoms with E-state index in [0.29, 0.717) is 5.75 Å². The summed E-state index contributed by atoms with van der Waals surface area (Å²) < 4.78 is 45.0. The van der Waals surface area contributed by atoms with E-state index in [2.05, 4.69) is 5.32 Å². The molecule has 1 amide bonds. The minimum Gasteiger partial charge on any atom is -0.497 e. The first-order valence-corrected chi connectivity index (χ1v) is 10.7. The van der Waals surface area contributed by atoms with Crippen LogP contribution in [0.15, 0.2) is 48.5 Å². The third-order valence-electron chi connectivity index (χ3n) is 4.39. The van der Waals surface area contributed by atoms with Gasteiger partial charge in [-0.1, -0.05) is 31.2 Å². The predicted octanol–water partition coefficient (Wildman–Crippen LogP) is 3.26. The third-order valence-corrected chi connectivity index (χ3v) is 5.56. The molecule has 0 aliphatic heterocycles. The normalized spacial score (nSPS) is 13.5. The average molecular weight is 408 g/mol. The second kappa shape index (κ2) is 9.05. The van der Waals surface area contributed by atoms with Crippen LogP contribution in [0.5, 0.6) is 5.75 Å². The highest BCUT2D eigenvalue weighted by atomic mass is 32.2. The summed E-state index contributed by atoms with van der Waals surface area (Å²) in [5, 5.41) is 2.82. The van der Waals surface area contributed by atoms with Gasteiger partial charge in [-0.25, -0.2) is 12.8 Å². The zero-order valence-electron chi connectivity index (χ0n) is 16.3. The maximum absolute atomic E-state index is 14.3. The quantitative estimate of drug-likeness (QED) is 0.728. The molecule has 2 atom stereocenters. The van der Waals surface area contributed by atoms with Crippen molar-refractivity contribution in [2.45, 2.75) is 32.4 Å². The summed E-state index contributed by atoms with van der Waals surface area (Å²) in [6.45, 7) is 3.47. The monoisotopic (exact) mass is 408 g/mol. The number of carbonyl (C=O) groups excluding carboxylic acids is 1. The number of anilines is 1. The second-order valence-electron chi connectivity index (χ2n) is 6.44. The number of hydrogen-bond acceptors (Lipinski definition) is 4. The van der Waals surface area contributed by atoms with Crippen molar-refractivity contribution in [2.24, 2.45) is 0 Å². The summed E-state index contributed by atoms with van der Waals surface area (Å²) >= 11 is 0. The van der Waals surface area contributed by atoms with Gasteiger partial charge in [0.1, 0.15) is 17.6 Å². The number of carbonyl (C=O) groups is 1. The molecule has 152 valence electrons. The highest BCUT2D eigenvalue weighted by Gasteiger charge is 2.33. The van der Waals surface area contributed by atoms with Gasteiger partial charge in [-0.2, -0.15) is 0 Å². The molecule has 0 saturated carbocycles. The molecule has 0 radical (unpaired) electrons. The predicted molar refractivity (Wildman–Crippen MR) is 107 cm³/mol. The van der Waals surface area contributed by atoms with Crippen LogP contribution in [0.25, 0.3) is 0 Å². The zero-order chi connectivity index (χ0) is 20.9. The lowest BCUT2D eigenvalue weighted by Crippen LogP contribution is -2.50. The van der Waals surface area contributed by atoms with Crippen LogP contribution in [-0.2, 0) is 14.8 Å². The van der Waals surface area contributed by atoms with Crippen molar-refractivity contribution < 1.29 is 22.3 Å². The fraction of sp³-hybridized carbons (Fsp3) is 0.350. The van der Waals surface area contributed by atoms with E-state index < -0.39 is 27.8 Å². The van der Waals surface area contributed by atoms with E-state index in [1.807, 2.05) is 12.1 Å². The molecule has 2 aromatic carbocycles. The summed E-state index contributed by atoms with van der Waals surface area (Å²) in [5.74, 6) is -0.515. The first-order valence-electron chi connectivity index (χ1n) is 8.87. The summed E-state index contributed by atoms with van der Waals surface area (Å²) in [7, 11) is -2.33. The average Bonchev–Trinajstić information content (AvgIpc) is 2.65. The van der Waals surface area contributed by atoms with Crippen LogP contribution >= 0.6 is 0 Å². The summed E-state index contributed by atoms with van der Waals surface area (Å²) in [4.78, 5) is 12.9. The molecule has 0 unspecified atom stereocenters. The van der Waals surface area contributed by atoms with Gasteiger partial charge in [0.05, 0.1) is 25.1 Å². The molecule has 2 aromatic rings. The molecule has 0 fully saturated rings. The lowest BCUT2D eigenvalue weighted by molar-refractivity contribution is -0.122. The van der Waals surface area contributed by atoms with Crippen LogP contribution in [0.1, 0.15) is 31.9 Å². The van der Waals surface area contributed by atoms with Gasteiger partial charge in [-0.3, -0.25) is 9.10 Å². The molecular formula is C20H25FN2O4S. The first-order chi connectivity index (χ1) is 13.2. The van der Waals surface area contributed by atoms with Crippen molar-refractivity contribution in [2.75, 3.05) is 17.7 Å². The molecule has 8 heteroatoms. The molecule has 0 aliphatic carbocycles. The van der Waals surface area contributed by atoms with Gasteiger partial charge in [0, 0.05) is 0 Å². The minimum absolute atomic E-state index is 0.149. The summed E-state index contributed by atoms with van der Waals surface area (Å²) in [6.07, 6.45) is 1.14. The fourth-order valence-corrected chi connectivity index (χ4v) is 4.16. The van der Waals surface area contributed by atoms with Gasteiger partial charge in [0.2, 0.25) is 15.9 Å². The molecule has 2 rings (SSSR count). The molecule has 0 saturated heterocycles. The maximum atomic E-state index is 14.3. The fourth-order valence-electron chi connectivity index (χ4n) is 2.95. The topological polar surface area (TPSA) is 75.7 Å². The Hall–Kier alpha value is -2.61. The number of para-hydroxylation sites is 1. The molecule has 0 aromatic heterocycles. The van der Waals surface area contributed by atoms with E-state index >= 15 is 0 Å². The van der Waals surface area contributed by atoms with E-state index in [9.17, 15) is 17.6 Å². The molecule has 28 heavy (non-hydrogen) atoms. The highest BCUT2D eigenvalue weighted by molar-refractivity contribution is 7.92. The minimum atomic E-state index is -3.89. The number of nitrogens with one attached hydrogen (secondary N) is 1. The molecule has 0 bridgehead atoms. The van der Waals surface area contributed by atoms with E-state index in [0.717, 1.165) is 22.2 Å². The standard InChI is InChI=1S/C20H25FN2O4S/c1-5-18(23(28(4,25)26)19-9-7-6-8-17(19)21)20(24)22-14(2)15-10-12-16(27-3)13-11-15/h6-14,18H,5H2,1-4H3,(H,22,24)/t14-,18-/m1/s1. The number of nitrogens with zero attached hydrogens (tertiary/aromatic N) is 1. The van der Waals surface area contributed by atoms with Crippen molar-refractivity contribution in [3.8, 4) is 5.75 Å². The van der Waals surface area contributed by atoms with Gasteiger partial charge in [0.25, 0.3) is 0 Å². The van der Waals surface area contributed by atoms with Crippen LogP contribution < -0.4 is 14.4 Å². The van der Waals surface area contributed by atoms with E-state index in [1.54, 1.807) is 33.1 Å². The number of benzene rings is 2. The zero-order valence-corrected chi connectivity index (χ0v) is 17.2. The van der Waals surface area contributed by atoms with Crippen molar-refractivity contribution in [3.63, 3.8) is 0 Å². The number of sulfonamides is 1. The van der Waals surface area contributed by atoms with E-state index in [-0.39, 0.29) is 18.2 Å². The Balaban J connectivity index is 2.29. The number of amides is 1. The summed E-state index contributed by atoms with van der Waals surface area (Å²) in [6, 6.07) is 11.2. The van der Waals surface area contributed by atoms with Crippen LogP contribution in [0.2, 0.25) is 0 Å². The lowest BCUT2D eigenvalue weighted by atomic mass is 10.1. The van der Waals surface area contributed by atoms with Gasteiger partial charge >= 0.3 is 0 Å². The summed E-state index contributed by atoms with van der Waals surface area (Å²) in [5.41, 5.74) is 0.685. The number of methoxy groups -OCH3 is 1. The molecule has 0 heterocycles. The van der Waals surface area contributed by atoms with Crippen LogP contribution in [0.3, 0.4) is 0 Å². The Labute approximate surface area is 165 Å². The van der Waals surface area contributed by atoms with Crippen molar-refractivity contribution in [1.29, 1.82) is 0 Å². The highest BCUT2D eigenvalue weighted by Crippen LogP contribution is 2.26. The van der Waals surface area contributed by atoms with Crippen molar-refractivity contribution in [3.05, 3.63) is 59.9 Å². The maximum Gasteiger partial charge on any atom is 0.244 e. The van der Waals surface area contributed by atoms with Crippen LogP contribution in [-0.4, -0.2) is 33.7 Å². The van der Waals surface area contributed by atoms with Crippen molar-refractivity contribution in [1.82, 2.24) is 5.32 Å². The second-order valence-corrected chi connectivity index (χ2v) is 8.30. The Kier molecular flexibility index (Phi) is 7.01. The SMILES string of the molecule is CC[C@H](C(=O)N[C@H](C)c1ccc(OC)cc1)N(c1ccccc1F)S(C)(=O)=O. The number of ether oxygens (including phenoxy) is 1.